The Hall–Kier alpha value is -1.87. The molecular weight excluding hydrogens is 262 g/mol. The third kappa shape index (κ3) is 2.22. The molecule has 110 valence electrons. The van der Waals surface area contributed by atoms with E-state index < -0.39 is 0 Å². The number of cyclic esters (lactones) is 1. The van der Waals surface area contributed by atoms with Crippen molar-refractivity contribution in [3.8, 4) is 0 Å². The van der Waals surface area contributed by atoms with Crippen molar-refractivity contribution in [3.05, 3.63) is 47.5 Å². The lowest BCUT2D eigenvalue weighted by atomic mass is 9.95. The summed E-state index contributed by atoms with van der Waals surface area (Å²) < 4.78 is 5.77. The maximum atomic E-state index is 12.4. The molecule has 21 heavy (non-hydrogen) atoms. The van der Waals surface area contributed by atoms with Crippen molar-refractivity contribution in [2.45, 2.75) is 46.0 Å². The van der Waals surface area contributed by atoms with Gasteiger partial charge in [-0.1, -0.05) is 30.3 Å². The highest BCUT2D eigenvalue weighted by molar-refractivity contribution is 6.07. The minimum atomic E-state index is -0.309. The SMILES string of the molecule is CC(C)N(C(C)C)[C@H]1OC(=O)c2cccc3cccc1c23. The molecule has 0 aliphatic carbocycles. The van der Waals surface area contributed by atoms with Gasteiger partial charge in [-0.2, -0.15) is 0 Å². The molecule has 0 radical (unpaired) electrons. The minimum Gasteiger partial charge on any atom is -0.438 e. The standard InChI is InChI=1S/C18H21NO2/c1-11(2)19(12(3)4)17-14-9-5-7-13-8-6-10-15(16(13)14)18(20)21-17/h5-12,17H,1-4H3/t17-/m0/s1. The summed E-state index contributed by atoms with van der Waals surface area (Å²) in [5.41, 5.74) is 1.76. The van der Waals surface area contributed by atoms with E-state index in [1.807, 2.05) is 30.3 Å². The number of benzene rings is 2. The number of carbonyl (C=O) groups excluding carboxylic acids is 1. The van der Waals surface area contributed by atoms with Crippen LogP contribution in [-0.2, 0) is 4.74 Å². The Morgan fingerprint density at radius 3 is 2.24 bits per heavy atom. The molecule has 0 saturated heterocycles. The number of rotatable bonds is 3. The molecular formula is C18H21NO2. The molecule has 2 aromatic carbocycles. The maximum Gasteiger partial charge on any atom is 0.340 e. The maximum absolute atomic E-state index is 12.4. The Morgan fingerprint density at radius 1 is 1.00 bits per heavy atom. The van der Waals surface area contributed by atoms with Crippen molar-refractivity contribution >= 4 is 16.7 Å². The number of nitrogens with zero attached hydrogens (tertiary/aromatic N) is 1. The predicted molar refractivity (Wildman–Crippen MR) is 84.2 cm³/mol. The van der Waals surface area contributed by atoms with Crippen molar-refractivity contribution in [3.63, 3.8) is 0 Å². The third-order valence-corrected chi connectivity index (χ3v) is 4.10. The molecule has 1 atom stereocenters. The molecule has 2 aromatic rings. The van der Waals surface area contributed by atoms with Crippen LogP contribution in [0.3, 0.4) is 0 Å². The zero-order chi connectivity index (χ0) is 15.1. The zero-order valence-electron chi connectivity index (χ0n) is 13.0. The first-order chi connectivity index (χ1) is 10.0. The van der Waals surface area contributed by atoms with Gasteiger partial charge in [0.1, 0.15) is 0 Å². The Kier molecular flexibility index (Phi) is 3.46. The molecule has 0 fully saturated rings. The smallest absolute Gasteiger partial charge is 0.340 e. The molecule has 3 rings (SSSR count). The predicted octanol–water partition coefficient (Wildman–Crippen LogP) is 4.13. The molecule has 0 spiro atoms. The van der Waals surface area contributed by atoms with Gasteiger partial charge in [0.15, 0.2) is 6.23 Å². The molecule has 1 heterocycles. The van der Waals surface area contributed by atoms with E-state index in [4.69, 9.17) is 4.74 Å². The van der Waals surface area contributed by atoms with Crippen molar-refractivity contribution in [1.29, 1.82) is 0 Å². The van der Waals surface area contributed by atoms with Crippen LogP contribution in [0.25, 0.3) is 10.8 Å². The van der Waals surface area contributed by atoms with Crippen LogP contribution in [-0.4, -0.2) is 23.0 Å². The van der Waals surface area contributed by atoms with E-state index in [2.05, 4.69) is 38.7 Å². The highest BCUT2D eigenvalue weighted by Crippen LogP contribution is 2.38. The summed E-state index contributed by atoms with van der Waals surface area (Å²) in [4.78, 5) is 14.6. The van der Waals surface area contributed by atoms with Crippen molar-refractivity contribution in [2.75, 3.05) is 0 Å². The fourth-order valence-electron chi connectivity index (χ4n) is 3.33. The molecule has 3 nitrogen and oxygen atoms in total. The second-order valence-electron chi connectivity index (χ2n) is 6.14. The zero-order valence-corrected chi connectivity index (χ0v) is 13.0. The molecule has 0 amide bonds. The van der Waals surface area contributed by atoms with Crippen LogP contribution in [0.1, 0.15) is 49.8 Å². The Morgan fingerprint density at radius 2 is 1.62 bits per heavy atom. The lowest BCUT2D eigenvalue weighted by Gasteiger charge is -2.39. The Balaban J connectivity index is 2.23. The van der Waals surface area contributed by atoms with Gasteiger partial charge in [0.2, 0.25) is 0 Å². The highest BCUT2D eigenvalue weighted by Gasteiger charge is 2.34. The summed E-state index contributed by atoms with van der Waals surface area (Å²) in [6.45, 7) is 8.53. The molecule has 0 unspecified atom stereocenters. The van der Waals surface area contributed by atoms with Gasteiger partial charge < -0.3 is 4.74 Å². The van der Waals surface area contributed by atoms with Crippen LogP contribution >= 0.6 is 0 Å². The van der Waals surface area contributed by atoms with Crippen LogP contribution in [0.15, 0.2) is 36.4 Å². The van der Waals surface area contributed by atoms with E-state index in [0.717, 1.165) is 16.3 Å². The average Bonchev–Trinajstić information content (AvgIpc) is 2.43. The summed E-state index contributed by atoms with van der Waals surface area (Å²) in [7, 11) is 0. The van der Waals surface area contributed by atoms with E-state index >= 15 is 0 Å². The molecule has 1 aliphatic heterocycles. The third-order valence-electron chi connectivity index (χ3n) is 4.10. The summed E-state index contributed by atoms with van der Waals surface area (Å²) in [6.07, 6.45) is -0.309. The van der Waals surface area contributed by atoms with Gasteiger partial charge in [0.25, 0.3) is 0 Å². The van der Waals surface area contributed by atoms with E-state index in [1.165, 1.54) is 0 Å². The van der Waals surface area contributed by atoms with Crippen LogP contribution < -0.4 is 0 Å². The quantitative estimate of drug-likeness (QED) is 0.793. The minimum absolute atomic E-state index is 0.226. The van der Waals surface area contributed by atoms with Crippen LogP contribution in [0.4, 0.5) is 0 Å². The fourth-order valence-corrected chi connectivity index (χ4v) is 3.33. The molecule has 0 aromatic heterocycles. The normalized spacial score (nSPS) is 17.9. The number of hydrogen-bond donors (Lipinski definition) is 0. The second kappa shape index (κ2) is 5.15. The van der Waals surface area contributed by atoms with Gasteiger partial charge in [0, 0.05) is 23.0 Å². The fraction of sp³-hybridized carbons (Fsp3) is 0.389. The molecule has 0 saturated carbocycles. The highest BCUT2D eigenvalue weighted by atomic mass is 16.6. The van der Waals surface area contributed by atoms with Gasteiger partial charge in [-0.3, -0.25) is 4.90 Å². The summed E-state index contributed by atoms with van der Waals surface area (Å²) >= 11 is 0. The first-order valence-electron chi connectivity index (χ1n) is 7.50. The summed E-state index contributed by atoms with van der Waals surface area (Å²) in [5.74, 6) is -0.226. The Bertz CT molecular complexity index is 677. The van der Waals surface area contributed by atoms with E-state index in [1.54, 1.807) is 0 Å². The largest absolute Gasteiger partial charge is 0.438 e. The number of carbonyl (C=O) groups is 1. The lowest BCUT2D eigenvalue weighted by molar-refractivity contribution is -0.0628. The average molecular weight is 283 g/mol. The van der Waals surface area contributed by atoms with Crippen molar-refractivity contribution < 1.29 is 9.53 Å². The van der Waals surface area contributed by atoms with Crippen LogP contribution in [0.5, 0.6) is 0 Å². The van der Waals surface area contributed by atoms with Crippen molar-refractivity contribution in [2.24, 2.45) is 0 Å². The number of ether oxygens (including phenoxy) is 1. The van der Waals surface area contributed by atoms with Crippen LogP contribution in [0, 0.1) is 0 Å². The van der Waals surface area contributed by atoms with Crippen molar-refractivity contribution in [1.82, 2.24) is 4.90 Å². The number of hydrogen-bond acceptors (Lipinski definition) is 3. The molecule has 0 bridgehead atoms. The lowest BCUT2D eigenvalue weighted by Crippen LogP contribution is -2.43. The summed E-state index contributed by atoms with van der Waals surface area (Å²) in [5, 5.41) is 2.13. The first kappa shape index (κ1) is 14.1. The Labute approximate surface area is 125 Å². The molecule has 0 N–H and O–H groups in total. The van der Waals surface area contributed by atoms with Gasteiger partial charge in [-0.05, 0) is 39.1 Å². The molecule has 3 heteroatoms. The van der Waals surface area contributed by atoms with Crippen LogP contribution in [0.2, 0.25) is 0 Å². The molecule has 1 aliphatic rings. The second-order valence-corrected chi connectivity index (χ2v) is 6.14. The van der Waals surface area contributed by atoms with Gasteiger partial charge in [-0.15, -0.1) is 0 Å². The number of esters is 1. The first-order valence-corrected chi connectivity index (χ1v) is 7.50. The van der Waals surface area contributed by atoms with E-state index in [0.29, 0.717) is 17.6 Å². The monoisotopic (exact) mass is 283 g/mol. The van der Waals surface area contributed by atoms with E-state index in [9.17, 15) is 4.79 Å². The summed E-state index contributed by atoms with van der Waals surface area (Å²) in [6, 6.07) is 12.5. The van der Waals surface area contributed by atoms with E-state index in [-0.39, 0.29) is 12.2 Å². The van der Waals surface area contributed by atoms with Gasteiger partial charge in [0.05, 0.1) is 5.56 Å². The topological polar surface area (TPSA) is 29.5 Å². The van der Waals surface area contributed by atoms with Gasteiger partial charge in [-0.25, -0.2) is 4.79 Å². The van der Waals surface area contributed by atoms with Gasteiger partial charge >= 0.3 is 5.97 Å².